The number of aryl methyl sites for hydroxylation is 1. The number of thiocarbonyl (C=S) groups is 1. The fraction of sp³-hybridized carbons (Fsp3) is 0.389. The van der Waals surface area contributed by atoms with Crippen LogP contribution < -0.4 is 5.32 Å². The summed E-state index contributed by atoms with van der Waals surface area (Å²) in [4.78, 5) is 5.81. The Labute approximate surface area is 148 Å². The molecule has 1 aromatic heterocycles. The Hall–Kier alpha value is -1.43. The Morgan fingerprint density at radius 3 is 2.57 bits per heavy atom. The van der Waals surface area contributed by atoms with Crippen LogP contribution in [0.25, 0.3) is 0 Å². The monoisotopic (exact) mass is 347 g/mol. The maximum atomic E-state index is 5.68. The molecular weight excluding hydrogens is 322 g/mol. The SMILES string of the molecule is Cc1ccccc1NC(=S)N(CCCN(C)C)Cc1cccs1. The van der Waals surface area contributed by atoms with Crippen LogP contribution in [0.5, 0.6) is 0 Å². The molecule has 1 aromatic carbocycles. The molecule has 3 nitrogen and oxygen atoms in total. The Balaban J connectivity index is 2.02. The van der Waals surface area contributed by atoms with Gasteiger partial charge in [0.15, 0.2) is 5.11 Å². The van der Waals surface area contributed by atoms with E-state index in [1.54, 1.807) is 11.3 Å². The van der Waals surface area contributed by atoms with Crippen molar-refractivity contribution in [2.24, 2.45) is 0 Å². The van der Waals surface area contributed by atoms with Gasteiger partial charge in [-0.15, -0.1) is 11.3 Å². The molecule has 0 atom stereocenters. The molecule has 0 bridgehead atoms. The molecule has 0 saturated heterocycles. The molecule has 23 heavy (non-hydrogen) atoms. The van der Waals surface area contributed by atoms with Crippen LogP contribution >= 0.6 is 23.6 Å². The van der Waals surface area contributed by atoms with E-state index in [4.69, 9.17) is 12.2 Å². The van der Waals surface area contributed by atoms with Crippen molar-refractivity contribution in [2.45, 2.75) is 19.9 Å². The van der Waals surface area contributed by atoms with Crippen LogP contribution in [0.4, 0.5) is 5.69 Å². The van der Waals surface area contributed by atoms with E-state index in [2.05, 4.69) is 65.8 Å². The van der Waals surface area contributed by atoms with Crippen LogP contribution in [0, 0.1) is 6.92 Å². The summed E-state index contributed by atoms with van der Waals surface area (Å²) in [6, 6.07) is 12.5. The Morgan fingerprint density at radius 1 is 1.13 bits per heavy atom. The van der Waals surface area contributed by atoms with Crippen molar-refractivity contribution in [1.29, 1.82) is 0 Å². The lowest BCUT2D eigenvalue weighted by atomic mass is 10.2. The molecule has 1 N–H and O–H groups in total. The molecule has 124 valence electrons. The van der Waals surface area contributed by atoms with Crippen LogP contribution in [0.2, 0.25) is 0 Å². The van der Waals surface area contributed by atoms with E-state index in [0.717, 1.165) is 36.9 Å². The summed E-state index contributed by atoms with van der Waals surface area (Å²) >= 11 is 7.45. The highest BCUT2D eigenvalue weighted by molar-refractivity contribution is 7.80. The zero-order chi connectivity index (χ0) is 16.7. The van der Waals surface area contributed by atoms with Gasteiger partial charge in [0.05, 0.1) is 6.54 Å². The number of anilines is 1. The second-order valence-corrected chi connectivity index (χ2v) is 7.32. The molecule has 0 fully saturated rings. The summed E-state index contributed by atoms with van der Waals surface area (Å²) in [6.07, 6.45) is 1.09. The maximum Gasteiger partial charge on any atom is 0.173 e. The highest BCUT2D eigenvalue weighted by Gasteiger charge is 2.12. The number of nitrogens with one attached hydrogen (secondary N) is 1. The van der Waals surface area contributed by atoms with Gasteiger partial charge in [0.1, 0.15) is 0 Å². The molecule has 5 heteroatoms. The first-order valence-corrected chi connectivity index (χ1v) is 9.13. The maximum absolute atomic E-state index is 5.68. The van der Waals surface area contributed by atoms with E-state index in [-0.39, 0.29) is 0 Å². The minimum absolute atomic E-state index is 0.798. The number of hydrogen-bond acceptors (Lipinski definition) is 3. The van der Waals surface area contributed by atoms with Gasteiger partial charge in [0.25, 0.3) is 0 Å². The van der Waals surface area contributed by atoms with Crippen molar-refractivity contribution in [3.63, 3.8) is 0 Å². The molecule has 2 aromatic rings. The van der Waals surface area contributed by atoms with Crippen LogP contribution in [-0.2, 0) is 6.54 Å². The second kappa shape index (κ2) is 9.01. The predicted octanol–water partition coefficient (Wildman–Crippen LogP) is 4.21. The first-order chi connectivity index (χ1) is 11.1. The van der Waals surface area contributed by atoms with E-state index in [0.29, 0.717) is 0 Å². The van der Waals surface area contributed by atoms with Gasteiger partial charge < -0.3 is 15.1 Å². The summed E-state index contributed by atoms with van der Waals surface area (Å²) in [7, 11) is 4.21. The molecule has 0 saturated carbocycles. The molecule has 0 radical (unpaired) electrons. The van der Waals surface area contributed by atoms with E-state index >= 15 is 0 Å². The Morgan fingerprint density at radius 2 is 1.91 bits per heavy atom. The molecule has 0 aliphatic carbocycles. The average Bonchev–Trinajstić information content (AvgIpc) is 3.01. The lowest BCUT2D eigenvalue weighted by Crippen LogP contribution is -2.36. The van der Waals surface area contributed by atoms with Crippen LogP contribution in [0.1, 0.15) is 16.9 Å². The highest BCUT2D eigenvalue weighted by Crippen LogP contribution is 2.17. The van der Waals surface area contributed by atoms with Crippen molar-refractivity contribution < 1.29 is 0 Å². The number of hydrogen-bond donors (Lipinski definition) is 1. The van der Waals surface area contributed by atoms with Gasteiger partial charge >= 0.3 is 0 Å². The third-order valence-corrected chi connectivity index (χ3v) is 4.86. The van der Waals surface area contributed by atoms with Crippen molar-refractivity contribution in [1.82, 2.24) is 9.80 Å². The number of benzene rings is 1. The van der Waals surface area contributed by atoms with Gasteiger partial charge in [-0.05, 0) is 69.3 Å². The normalized spacial score (nSPS) is 10.8. The number of para-hydroxylation sites is 1. The molecule has 1 heterocycles. The summed E-state index contributed by atoms with van der Waals surface area (Å²) in [5, 5.41) is 6.32. The quantitative estimate of drug-likeness (QED) is 0.756. The van der Waals surface area contributed by atoms with Crippen molar-refractivity contribution in [2.75, 3.05) is 32.5 Å². The zero-order valence-electron chi connectivity index (χ0n) is 14.1. The first-order valence-electron chi connectivity index (χ1n) is 7.85. The Kier molecular flexibility index (Phi) is 7.02. The lowest BCUT2D eigenvalue weighted by Gasteiger charge is -2.26. The fourth-order valence-electron chi connectivity index (χ4n) is 2.33. The highest BCUT2D eigenvalue weighted by atomic mass is 32.1. The summed E-state index contributed by atoms with van der Waals surface area (Å²) < 4.78 is 0. The molecule has 0 spiro atoms. The van der Waals surface area contributed by atoms with E-state index in [1.807, 2.05) is 12.1 Å². The average molecular weight is 348 g/mol. The van der Waals surface area contributed by atoms with Gasteiger partial charge in [0, 0.05) is 17.1 Å². The minimum Gasteiger partial charge on any atom is -0.344 e. The van der Waals surface area contributed by atoms with Crippen molar-refractivity contribution in [3.05, 3.63) is 52.2 Å². The standard InChI is InChI=1S/C18H25N3S2/c1-15-8-4-5-10-17(15)19-18(22)21(12-7-11-20(2)3)14-16-9-6-13-23-16/h4-6,8-10,13H,7,11-12,14H2,1-3H3,(H,19,22). The molecule has 0 aliphatic heterocycles. The lowest BCUT2D eigenvalue weighted by molar-refractivity contribution is 0.347. The Bertz CT molecular complexity index is 608. The van der Waals surface area contributed by atoms with Gasteiger partial charge in [0.2, 0.25) is 0 Å². The number of nitrogens with zero attached hydrogens (tertiary/aromatic N) is 2. The zero-order valence-corrected chi connectivity index (χ0v) is 15.7. The van der Waals surface area contributed by atoms with Crippen LogP contribution in [0.15, 0.2) is 41.8 Å². The van der Waals surface area contributed by atoms with E-state index in [1.165, 1.54) is 10.4 Å². The van der Waals surface area contributed by atoms with Crippen LogP contribution in [0.3, 0.4) is 0 Å². The van der Waals surface area contributed by atoms with Crippen molar-refractivity contribution in [3.8, 4) is 0 Å². The minimum atomic E-state index is 0.798. The summed E-state index contributed by atoms with van der Waals surface area (Å²) in [5.74, 6) is 0. The molecular formula is C18H25N3S2. The van der Waals surface area contributed by atoms with Gasteiger partial charge in [-0.25, -0.2) is 0 Å². The van der Waals surface area contributed by atoms with Gasteiger partial charge in [-0.1, -0.05) is 24.3 Å². The van der Waals surface area contributed by atoms with E-state index < -0.39 is 0 Å². The predicted molar refractivity (Wildman–Crippen MR) is 105 cm³/mol. The smallest absolute Gasteiger partial charge is 0.173 e. The largest absolute Gasteiger partial charge is 0.344 e. The van der Waals surface area contributed by atoms with E-state index in [9.17, 15) is 0 Å². The van der Waals surface area contributed by atoms with Gasteiger partial charge in [-0.2, -0.15) is 0 Å². The molecule has 0 aliphatic rings. The molecule has 2 rings (SSSR count). The second-order valence-electron chi connectivity index (χ2n) is 5.90. The molecule has 0 unspecified atom stereocenters. The third kappa shape index (κ3) is 5.94. The fourth-order valence-corrected chi connectivity index (χ4v) is 3.31. The summed E-state index contributed by atoms with van der Waals surface area (Å²) in [6.45, 7) is 4.98. The van der Waals surface area contributed by atoms with Crippen molar-refractivity contribution >= 4 is 34.4 Å². The van der Waals surface area contributed by atoms with Gasteiger partial charge in [-0.3, -0.25) is 0 Å². The first kappa shape index (κ1) is 17.9. The third-order valence-electron chi connectivity index (χ3n) is 3.63. The number of rotatable bonds is 7. The topological polar surface area (TPSA) is 18.5 Å². The molecule has 0 amide bonds. The number of thiophene rings is 1. The summed E-state index contributed by atoms with van der Waals surface area (Å²) in [5.41, 5.74) is 2.29. The van der Waals surface area contributed by atoms with Crippen LogP contribution in [-0.4, -0.2) is 42.1 Å².